The van der Waals surface area contributed by atoms with Crippen LogP contribution in [0.4, 0.5) is 0 Å². The highest BCUT2D eigenvalue weighted by Crippen LogP contribution is 2.33. The number of aromatic hydroxyl groups is 1. The average molecular weight is 330 g/mol. The Balaban J connectivity index is 2.39. The maximum absolute atomic E-state index is 9.58. The number of phenolic OH excluding ortho intramolecular Hbond substituents is 1. The number of halogens is 3. The lowest BCUT2D eigenvalue weighted by atomic mass is 9.78. The van der Waals surface area contributed by atoms with Crippen molar-refractivity contribution >= 4 is 34.8 Å². The van der Waals surface area contributed by atoms with Gasteiger partial charge in [0.05, 0.1) is 0 Å². The van der Waals surface area contributed by atoms with Gasteiger partial charge in [0.25, 0.3) is 0 Å². The standard InChI is InChI=1S/C16H15Cl3O/c17-10-16(11-18,13-4-2-5-14(19)8-13)9-12-3-1-6-15(20)7-12/h1-8,20H,9-11H2. The van der Waals surface area contributed by atoms with Gasteiger partial charge >= 0.3 is 0 Å². The molecule has 0 atom stereocenters. The van der Waals surface area contributed by atoms with E-state index in [9.17, 15) is 5.11 Å². The summed E-state index contributed by atoms with van der Waals surface area (Å²) < 4.78 is 0. The number of benzene rings is 2. The Morgan fingerprint density at radius 3 is 2.25 bits per heavy atom. The zero-order chi connectivity index (χ0) is 14.6. The van der Waals surface area contributed by atoms with E-state index in [2.05, 4.69) is 0 Å². The molecule has 0 saturated heterocycles. The zero-order valence-electron chi connectivity index (χ0n) is 10.8. The third kappa shape index (κ3) is 3.41. The molecule has 0 aliphatic heterocycles. The monoisotopic (exact) mass is 328 g/mol. The molecule has 0 heterocycles. The van der Waals surface area contributed by atoms with Gasteiger partial charge in [0.2, 0.25) is 0 Å². The molecule has 0 aliphatic carbocycles. The molecule has 0 spiro atoms. The Kier molecular flexibility index (Phi) is 5.20. The van der Waals surface area contributed by atoms with Crippen LogP contribution in [-0.4, -0.2) is 16.9 Å². The normalized spacial score (nSPS) is 11.6. The topological polar surface area (TPSA) is 20.2 Å². The molecule has 0 aliphatic rings. The minimum atomic E-state index is -0.401. The summed E-state index contributed by atoms with van der Waals surface area (Å²) in [7, 11) is 0. The second-order valence-electron chi connectivity index (χ2n) is 4.90. The second kappa shape index (κ2) is 6.71. The summed E-state index contributed by atoms with van der Waals surface area (Å²) in [6.45, 7) is 0. The van der Waals surface area contributed by atoms with Gasteiger partial charge in [-0.1, -0.05) is 35.9 Å². The molecule has 0 fully saturated rings. The fourth-order valence-electron chi connectivity index (χ4n) is 2.26. The van der Waals surface area contributed by atoms with Gasteiger partial charge in [0, 0.05) is 22.2 Å². The van der Waals surface area contributed by atoms with Crippen LogP contribution >= 0.6 is 34.8 Å². The maximum atomic E-state index is 9.58. The van der Waals surface area contributed by atoms with Crippen molar-refractivity contribution in [1.29, 1.82) is 0 Å². The SMILES string of the molecule is Oc1cccc(CC(CCl)(CCl)c2cccc(Cl)c2)c1. The lowest BCUT2D eigenvalue weighted by molar-refractivity contribution is 0.472. The molecule has 4 heteroatoms. The first-order chi connectivity index (χ1) is 9.59. The Hall–Kier alpha value is -0.890. The van der Waals surface area contributed by atoms with E-state index in [1.165, 1.54) is 0 Å². The van der Waals surface area contributed by atoms with Gasteiger partial charge in [-0.15, -0.1) is 23.2 Å². The fourth-order valence-corrected chi connectivity index (χ4v) is 3.24. The second-order valence-corrected chi connectivity index (χ2v) is 5.88. The largest absolute Gasteiger partial charge is 0.508 e. The highest BCUT2D eigenvalue weighted by atomic mass is 35.5. The third-order valence-electron chi connectivity index (χ3n) is 3.40. The molecule has 1 nitrogen and oxygen atoms in total. The van der Waals surface area contributed by atoms with Crippen LogP contribution in [0.1, 0.15) is 11.1 Å². The molecule has 2 aromatic carbocycles. The summed E-state index contributed by atoms with van der Waals surface area (Å²) in [5.74, 6) is 1.01. The molecule has 2 rings (SSSR count). The number of rotatable bonds is 5. The van der Waals surface area contributed by atoms with Crippen molar-refractivity contribution in [2.45, 2.75) is 11.8 Å². The van der Waals surface area contributed by atoms with E-state index in [-0.39, 0.29) is 5.75 Å². The van der Waals surface area contributed by atoms with E-state index in [0.717, 1.165) is 11.1 Å². The van der Waals surface area contributed by atoms with E-state index in [0.29, 0.717) is 23.2 Å². The summed E-state index contributed by atoms with van der Waals surface area (Å²) >= 11 is 18.5. The first-order valence-electron chi connectivity index (χ1n) is 6.25. The van der Waals surface area contributed by atoms with Crippen molar-refractivity contribution in [3.8, 4) is 5.75 Å². The van der Waals surface area contributed by atoms with Gasteiger partial charge in [-0.3, -0.25) is 0 Å². The minimum absolute atomic E-state index is 0.242. The highest BCUT2D eigenvalue weighted by molar-refractivity contribution is 6.30. The van der Waals surface area contributed by atoms with Crippen LogP contribution in [0.15, 0.2) is 48.5 Å². The van der Waals surface area contributed by atoms with E-state index in [1.807, 2.05) is 36.4 Å². The van der Waals surface area contributed by atoms with Crippen LogP contribution in [0.5, 0.6) is 5.75 Å². The summed E-state index contributed by atoms with van der Waals surface area (Å²) in [5, 5.41) is 10.2. The van der Waals surface area contributed by atoms with Crippen molar-refractivity contribution in [3.05, 3.63) is 64.7 Å². The number of phenols is 1. The molecular formula is C16H15Cl3O. The predicted molar refractivity (Wildman–Crippen MR) is 86.4 cm³/mol. The summed E-state index contributed by atoms with van der Waals surface area (Å²) in [5.41, 5.74) is 1.60. The predicted octanol–water partition coefficient (Wildman–Crippen LogP) is 5.00. The van der Waals surface area contributed by atoms with E-state index in [4.69, 9.17) is 34.8 Å². The van der Waals surface area contributed by atoms with Gasteiger partial charge in [-0.25, -0.2) is 0 Å². The smallest absolute Gasteiger partial charge is 0.115 e. The van der Waals surface area contributed by atoms with Crippen LogP contribution < -0.4 is 0 Å². The molecule has 0 aromatic heterocycles. The van der Waals surface area contributed by atoms with Crippen LogP contribution in [0.25, 0.3) is 0 Å². The maximum Gasteiger partial charge on any atom is 0.115 e. The van der Waals surface area contributed by atoms with Gasteiger partial charge in [-0.2, -0.15) is 0 Å². The Morgan fingerprint density at radius 1 is 0.950 bits per heavy atom. The third-order valence-corrected chi connectivity index (χ3v) is 4.66. The molecule has 106 valence electrons. The Morgan fingerprint density at radius 2 is 1.65 bits per heavy atom. The Bertz CT molecular complexity index is 579. The number of hydrogen-bond donors (Lipinski definition) is 1. The molecule has 0 radical (unpaired) electrons. The summed E-state index contributed by atoms with van der Waals surface area (Å²) in [6, 6.07) is 14.8. The summed E-state index contributed by atoms with van der Waals surface area (Å²) in [4.78, 5) is 0. The van der Waals surface area contributed by atoms with Crippen molar-refractivity contribution in [2.75, 3.05) is 11.8 Å². The lowest BCUT2D eigenvalue weighted by Gasteiger charge is -2.30. The van der Waals surface area contributed by atoms with Crippen LogP contribution in [0.2, 0.25) is 5.02 Å². The van der Waals surface area contributed by atoms with E-state index >= 15 is 0 Å². The van der Waals surface area contributed by atoms with Crippen molar-refractivity contribution in [3.63, 3.8) is 0 Å². The number of alkyl halides is 2. The molecule has 0 saturated carbocycles. The van der Waals surface area contributed by atoms with E-state index in [1.54, 1.807) is 12.1 Å². The van der Waals surface area contributed by atoms with Gasteiger partial charge in [0.1, 0.15) is 5.75 Å². The van der Waals surface area contributed by atoms with Gasteiger partial charge < -0.3 is 5.11 Å². The molecule has 20 heavy (non-hydrogen) atoms. The molecule has 1 N–H and O–H groups in total. The van der Waals surface area contributed by atoms with Gasteiger partial charge in [-0.05, 0) is 41.8 Å². The summed E-state index contributed by atoms with van der Waals surface area (Å²) in [6.07, 6.45) is 0.648. The Labute approximate surface area is 134 Å². The molecule has 0 bridgehead atoms. The van der Waals surface area contributed by atoms with E-state index < -0.39 is 5.41 Å². The molecular weight excluding hydrogens is 315 g/mol. The van der Waals surface area contributed by atoms with Crippen molar-refractivity contribution in [2.24, 2.45) is 0 Å². The lowest BCUT2D eigenvalue weighted by Crippen LogP contribution is -2.33. The molecule has 0 unspecified atom stereocenters. The average Bonchev–Trinajstić information content (AvgIpc) is 2.45. The van der Waals surface area contributed by atoms with Crippen LogP contribution in [-0.2, 0) is 11.8 Å². The first-order valence-corrected chi connectivity index (χ1v) is 7.70. The number of hydrogen-bond acceptors (Lipinski definition) is 1. The van der Waals surface area contributed by atoms with Crippen molar-refractivity contribution < 1.29 is 5.11 Å². The van der Waals surface area contributed by atoms with Crippen molar-refractivity contribution in [1.82, 2.24) is 0 Å². The van der Waals surface area contributed by atoms with Crippen LogP contribution in [0.3, 0.4) is 0 Å². The quantitative estimate of drug-likeness (QED) is 0.765. The van der Waals surface area contributed by atoms with Gasteiger partial charge in [0.15, 0.2) is 0 Å². The molecule has 0 amide bonds. The fraction of sp³-hybridized carbons (Fsp3) is 0.250. The first kappa shape index (κ1) is 15.5. The van der Waals surface area contributed by atoms with Crippen LogP contribution in [0, 0.1) is 0 Å². The molecule has 2 aromatic rings. The highest BCUT2D eigenvalue weighted by Gasteiger charge is 2.31. The zero-order valence-corrected chi connectivity index (χ0v) is 13.1. The minimum Gasteiger partial charge on any atom is -0.508 e.